The summed E-state index contributed by atoms with van der Waals surface area (Å²) in [7, 11) is 0. The van der Waals surface area contributed by atoms with Crippen LogP contribution in [0.25, 0.3) is 11.1 Å². The smallest absolute Gasteiger partial charge is 0.00147 e. The van der Waals surface area contributed by atoms with Crippen LogP contribution in [-0.4, -0.2) is 0 Å². The summed E-state index contributed by atoms with van der Waals surface area (Å²) >= 11 is 1.76. The predicted octanol–water partition coefficient (Wildman–Crippen LogP) is 4.30. The first kappa shape index (κ1) is 9.17. The highest BCUT2D eigenvalue weighted by molar-refractivity contribution is 7.08. The SMILES string of the molecule is [CH]1CCCc2ccc(-c3ccsc3)cc21. The van der Waals surface area contributed by atoms with Crippen molar-refractivity contribution in [3.8, 4) is 11.1 Å². The average Bonchev–Trinajstić information content (AvgIpc) is 2.82. The van der Waals surface area contributed by atoms with Crippen LogP contribution in [-0.2, 0) is 6.42 Å². The lowest BCUT2D eigenvalue weighted by atomic mass is 9.89. The van der Waals surface area contributed by atoms with Crippen LogP contribution < -0.4 is 0 Å². The minimum atomic E-state index is 1.24. The first-order chi connectivity index (χ1) is 7.43. The maximum atomic E-state index is 2.37. The molecule has 1 aliphatic carbocycles. The van der Waals surface area contributed by atoms with Gasteiger partial charge in [0.15, 0.2) is 0 Å². The van der Waals surface area contributed by atoms with Gasteiger partial charge in [0, 0.05) is 0 Å². The standard InChI is InChI=1S/C14H13S/c1-2-4-12-9-13(6-5-11(12)3-1)14-7-8-15-10-14/h4-10H,1-3H2. The number of aryl methyl sites for hydroxylation is 1. The van der Waals surface area contributed by atoms with E-state index in [0.29, 0.717) is 0 Å². The van der Waals surface area contributed by atoms with E-state index in [1.807, 2.05) is 0 Å². The monoisotopic (exact) mass is 213 g/mol. The molecule has 0 N–H and O–H groups in total. The minimum Gasteiger partial charge on any atom is -0.152 e. The highest BCUT2D eigenvalue weighted by Gasteiger charge is 2.10. The Labute approximate surface area is 94.6 Å². The van der Waals surface area contributed by atoms with E-state index in [2.05, 4.69) is 41.4 Å². The molecule has 0 bridgehead atoms. The van der Waals surface area contributed by atoms with E-state index in [1.54, 1.807) is 11.3 Å². The molecule has 0 saturated heterocycles. The second-order valence-corrected chi connectivity index (χ2v) is 4.80. The quantitative estimate of drug-likeness (QED) is 0.662. The number of benzene rings is 1. The highest BCUT2D eigenvalue weighted by Crippen LogP contribution is 2.29. The highest BCUT2D eigenvalue weighted by atomic mass is 32.1. The van der Waals surface area contributed by atoms with E-state index in [9.17, 15) is 0 Å². The summed E-state index contributed by atoms with van der Waals surface area (Å²) in [5.41, 5.74) is 5.67. The number of thiophene rings is 1. The van der Waals surface area contributed by atoms with E-state index >= 15 is 0 Å². The van der Waals surface area contributed by atoms with Crippen LogP contribution in [0.2, 0.25) is 0 Å². The molecule has 1 heteroatoms. The van der Waals surface area contributed by atoms with Crippen LogP contribution >= 0.6 is 11.3 Å². The molecule has 1 radical (unpaired) electrons. The molecule has 3 rings (SSSR count). The Morgan fingerprint density at radius 3 is 2.93 bits per heavy atom. The summed E-state index contributed by atoms with van der Waals surface area (Å²) in [6.07, 6.45) is 6.16. The fraction of sp³-hybridized carbons (Fsp3) is 0.214. The molecule has 1 aromatic heterocycles. The van der Waals surface area contributed by atoms with Gasteiger partial charge in [0.25, 0.3) is 0 Å². The number of rotatable bonds is 1. The van der Waals surface area contributed by atoms with Crippen molar-refractivity contribution in [1.82, 2.24) is 0 Å². The Morgan fingerprint density at radius 1 is 1.07 bits per heavy atom. The van der Waals surface area contributed by atoms with Gasteiger partial charge in [0.1, 0.15) is 0 Å². The first-order valence-electron chi connectivity index (χ1n) is 5.42. The van der Waals surface area contributed by atoms with Gasteiger partial charge in [0.2, 0.25) is 0 Å². The Balaban J connectivity index is 2.04. The Bertz CT molecular complexity index is 454. The van der Waals surface area contributed by atoms with Crippen molar-refractivity contribution in [2.45, 2.75) is 19.3 Å². The summed E-state index contributed by atoms with van der Waals surface area (Å²) < 4.78 is 0. The van der Waals surface area contributed by atoms with Crippen molar-refractivity contribution < 1.29 is 0 Å². The van der Waals surface area contributed by atoms with Gasteiger partial charge < -0.3 is 0 Å². The molecule has 0 saturated carbocycles. The Kier molecular flexibility index (Phi) is 2.34. The molecule has 0 spiro atoms. The van der Waals surface area contributed by atoms with Crippen LogP contribution in [0, 0.1) is 6.42 Å². The number of hydrogen-bond donors (Lipinski definition) is 0. The fourth-order valence-electron chi connectivity index (χ4n) is 2.17. The third kappa shape index (κ3) is 1.72. The van der Waals surface area contributed by atoms with Gasteiger partial charge in [-0.1, -0.05) is 18.2 Å². The van der Waals surface area contributed by atoms with Gasteiger partial charge >= 0.3 is 0 Å². The van der Waals surface area contributed by atoms with Crippen LogP contribution in [0.3, 0.4) is 0 Å². The van der Waals surface area contributed by atoms with Crippen molar-refractivity contribution in [3.05, 3.63) is 52.6 Å². The second kappa shape index (κ2) is 3.82. The predicted molar refractivity (Wildman–Crippen MR) is 66.1 cm³/mol. The summed E-state index contributed by atoms with van der Waals surface area (Å²) in [5, 5.41) is 4.35. The molecule has 1 aliphatic rings. The number of hydrogen-bond acceptors (Lipinski definition) is 1. The summed E-state index contributed by atoms with van der Waals surface area (Å²) in [4.78, 5) is 0. The zero-order chi connectivity index (χ0) is 10.1. The van der Waals surface area contributed by atoms with Gasteiger partial charge in [-0.15, -0.1) is 0 Å². The first-order valence-corrected chi connectivity index (χ1v) is 6.36. The molecule has 0 unspecified atom stereocenters. The van der Waals surface area contributed by atoms with E-state index in [4.69, 9.17) is 0 Å². The third-order valence-electron chi connectivity index (χ3n) is 3.01. The van der Waals surface area contributed by atoms with Crippen molar-refractivity contribution in [2.75, 3.05) is 0 Å². The lowest BCUT2D eigenvalue weighted by molar-refractivity contribution is 0.775. The maximum Gasteiger partial charge on any atom is -0.00147 e. The number of fused-ring (bicyclic) bond motifs is 1. The van der Waals surface area contributed by atoms with Crippen LogP contribution in [0.4, 0.5) is 0 Å². The van der Waals surface area contributed by atoms with E-state index < -0.39 is 0 Å². The van der Waals surface area contributed by atoms with Crippen LogP contribution in [0.5, 0.6) is 0 Å². The van der Waals surface area contributed by atoms with E-state index in [1.165, 1.54) is 41.5 Å². The summed E-state index contributed by atoms with van der Waals surface area (Å²) in [5.74, 6) is 0. The average molecular weight is 213 g/mol. The molecule has 0 fully saturated rings. The molecule has 0 nitrogen and oxygen atoms in total. The molecule has 15 heavy (non-hydrogen) atoms. The van der Waals surface area contributed by atoms with Gasteiger partial charge in [0.05, 0.1) is 0 Å². The lowest BCUT2D eigenvalue weighted by Crippen LogP contribution is -2.00. The maximum absolute atomic E-state index is 2.37. The molecule has 2 aromatic rings. The fourth-order valence-corrected chi connectivity index (χ4v) is 2.84. The molecule has 0 atom stereocenters. The molecule has 75 valence electrons. The summed E-state index contributed by atoms with van der Waals surface area (Å²) in [6.45, 7) is 0. The molecule has 0 aliphatic heterocycles. The van der Waals surface area contributed by atoms with Gasteiger partial charge in [-0.3, -0.25) is 0 Å². The molecule has 1 aromatic carbocycles. The lowest BCUT2D eigenvalue weighted by Gasteiger charge is -2.15. The zero-order valence-electron chi connectivity index (χ0n) is 8.57. The summed E-state index contributed by atoms with van der Waals surface area (Å²) in [6, 6.07) is 9.06. The van der Waals surface area contributed by atoms with Gasteiger partial charge in [-0.25, -0.2) is 0 Å². The van der Waals surface area contributed by atoms with Gasteiger partial charge in [-0.05, 0) is 64.8 Å². The van der Waals surface area contributed by atoms with Crippen molar-refractivity contribution >= 4 is 11.3 Å². The van der Waals surface area contributed by atoms with E-state index in [0.717, 1.165) is 0 Å². The second-order valence-electron chi connectivity index (χ2n) is 4.02. The van der Waals surface area contributed by atoms with Crippen LogP contribution in [0.15, 0.2) is 35.0 Å². The molecule has 0 amide bonds. The minimum absolute atomic E-state index is 1.24. The van der Waals surface area contributed by atoms with E-state index in [-0.39, 0.29) is 0 Å². The third-order valence-corrected chi connectivity index (χ3v) is 3.70. The van der Waals surface area contributed by atoms with Crippen molar-refractivity contribution in [1.29, 1.82) is 0 Å². The van der Waals surface area contributed by atoms with Crippen molar-refractivity contribution in [3.63, 3.8) is 0 Å². The largest absolute Gasteiger partial charge is 0.152 e. The zero-order valence-corrected chi connectivity index (χ0v) is 9.39. The van der Waals surface area contributed by atoms with Crippen LogP contribution in [0.1, 0.15) is 24.0 Å². The topological polar surface area (TPSA) is 0 Å². The molecular formula is C14H13S. The molecular weight excluding hydrogens is 200 g/mol. The van der Waals surface area contributed by atoms with Crippen molar-refractivity contribution in [2.24, 2.45) is 0 Å². The Hall–Kier alpha value is -1.08. The van der Waals surface area contributed by atoms with Gasteiger partial charge in [-0.2, -0.15) is 11.3 Å². The molecule has 1 heterocycles. The Morgan fingerprint density at radius 2 is 2.07 bits per heavy atom. The normalized spacial score (nSPS) is 14.9.